The fraction of sp³-hybridized carbons (Fsp3) is 1.00. The monoisotopic (exact) mass is 192 g/mol. The average Bonchev–Trinajstić information content (AvgIpc) is 2.34. The van der Waals surface area contributed by atoms with Gasteiger partial charge in [0.2, 0.25) is 0 Å². The van der Waals surface area contributed by atoms with E-state index in [0.29, 0.717) is 6.10 Å². The van der Waals surface area contributed by atoms with Crippen LogP contribution in [0.4, 0.5) is 0 Å². The molecule has 0 unspecified atom stereocenters. The van der Waals surface area contributed by atoms with Gasteiger partial charge in [-0.15, -0.1) is 0 Å². The van der Waals surface area contributed by atoms with Crippen LogP contribution in [0, 0.1) is 5.92 Å². The zero-order valence-electron chi connectivity index (χ0n) is 5.77. The van der Waals surface area contributed by atoms with E-state index in [4.69, 9.17) is 4.74 Å². The summed E-state index contributed by atoms with van der Waals surface area (Å²) in [6, 6.07) is 0. The van der Waals surface area contributed by atoms with E-state index in [-0.39, 0.29) is 0 Å². The standard InChI is InChI=1S/C7H13BrO/c1-2-6-3-7(4-8)9-5-6/h6-7H,2-5H2,1H3/t6-,7+/m0/s1. The summed E-state index contributed by atoms with van der Waals surface area (Å²) in [5, 5.41) is 1.00. The zero-order valence-corrected chi connectivity index (χ0v) is 7.36. The number of ether oxygens (including phenoxy) is 1. The van der Waals surface area contributed by atoms with Crippen LogP contribution in [-0.4, -0.2) is 18.0 Å². The summed E-state index contributed by atoms with van der Waals surface area (Å²) in [6.07, 6.45) is 3.01. The van der Waals surface area contributed by atoms with Gasteiger partial charge in [-0.2, -0.15) is 0 Å². The topological polar surface area (TPSA) is 9.23 Å². The largest absolute Gasteiger partial charge is 0.377 e. The van der Waals surface area contributed by atoms with E-state index in [0.717, 1.165) is 17.9 Å². The number of rotatable bonds is 2. The molecule has 0 spiro atoms. The summed E-state index contributed by atoms with van der Waals surface area (Å²) in [4.78, 5) is 0. The van der Waals surface area contributed by atoms with Crippen molar-refractivity contribution in [1.82, 2.24) is 0 Å². The van der Waals surface area contributed by atoms with Crippen molar-refractivity contribution < 1.29 is 4.74 Å². The van der Waals surface area contributed by atoms with Crippen LogP contribution in [0.5, 0.6) is 0 Å². The molecule has 1 rings (SSSR count). The molecule has 0 aromatic heterocycles. The lowest BCUT2D eigenvalue weighted by Gasteiger charge is -2.01. The van der Waals surface area contributed by atoms with Gasteiger partial charge in [0.25, 0.3) is 0 Å². The van der Waals surface area contributed by atoms with Gasteiger partial charge in [-0.1, -0.05) is 29.3 Å². The van der Waals surface area contributed by atoms with Gasteiger partial charge in [0.05, 0.1) is 6.10 Å². The minimum absolute atomic E-state index is 0.495. The predicted octanol–water partition coefficient (Wildman–Crippen LogP) is 2.20. The summed E-state index contributed by atoms with van der Waals surface area (Å²) in [5.41, 5.74) is 0. The highest BCUT2D eigenvalue weighted by molar-refractivity contribution is 9.09. The van der Waals surface area contributed by atoms with E-state index in [1.807, 2.05) is 0 Å². The van der Waals surface area contributed by atoms with Gasteiger partial charge in [-0.05, 0) is 12.3 Å². The van der Waals surface area contributed by atoms with Crippen LogP contribution in [0.15, 0.2) is 0 Å². The van der Waals surface area contributed by atoms with Gasteiger partial charge in [0, 0.05) is 11.9 Å². The Bertz CT molecular complexity index is 75.0. The molecular weight excluding hydrogens is 180 g/mol. The van der Waals surface area contributed by atoms with E-state index >= 15 is 0 Å². The zero-order chi connectivity index (χ0) is 6.69. The molecule has 0 aromatic rings. The molecule has 1 aliphatic heterocycles. The minimum Gasteiger partial charge on any atom is -0.377 e. The van der Waals surface area contributed by atoms with Gasteiger partial charge < -0.3 is 4.74 Å². The normalized spacial score (nSPS) is 35.3. The van der Waals surface area contributed by atoms with E-state index in [1.165, 1.54) is 12.8 Å². The van der Waals surface area contributed by atoms with Crippen molar-refractivity contribution in [3.05, 3.63) is 0 Å². The first-order chi connectivity index (χ1) is 4.36. The van der Waals surface area contributed by atoms with Crippen molar-refractivity contribution in [2.75, 3.05) is 11.9 Å². The predicted molar refractivity (Wildman–Crippen MR) is 41.9 cm³/mol. The fourth-order valence-electron chi connectivity index (χ4n) is 1.17. The Morgan fingerprint density at radius 2 is 2.44 bits per heavy atom. The van der Waals surface area contributed by atoms with Crippen LogP contribution in [-0.2, 0) is 4.74 Å². The first-order valence-electron chi connectivity index (χ1n) is 3.54. The van der Waals surface area contributed by atoms with E-state index in [9.17, 15) is 0 Å². The third-order valence-electron chi connectivity index (χ3n) is 1.91. The maximum Gasteiger partial charge on any atom is 0.0675 e. The van der Waals surface area contributed by atoms with E-state index in [1.54, 1.807) is 0 Å². The number of alkyl halides is 1. The van der Waals surface area contributed by atoms with Gasteiger partial charge in [0.1, 0.15) is 0 Å². The Morgan fingerprint density at radius 3 is 2.78 bits per heavy atom. The minimum atomic E-state index is 0.495. The van der Waals surface area contributed by atoms with Crippen molar-refractivity contribution in [3.63, 3.8) is 0 Å². The van der Waals surface area contributed by atoms with Crippen molar-refractivity contribution in [3.8, 4) is 0 Å². The Hall–Kier alpha value is 0.440. The lowest BCUT2D eigenvalue weighted by Crippen LogP contribution is -2.05. The summed E-state index contributed by atoms with van der Waals surface area (Å²) in [5.74, 6) is 0.826. The molecule has 0 amide bonds. The van der Waals surface area contributed by atoms with Crippen LogP contribution in [0.2, 0.25) is 0 Å². The molecule has 0 radical (unpaired) electrons. The Labute approximate surface area is 64.9 Å². The summed E-state index contributed by atoms with van der Waals surface area (Å²) in [6.45, 7) is 3.21. The molecule has 0 N–H and O–H groups in total. The summed E-state index contributed by atoms with van der Waals surface area (Å²) in [7, 11) is 0. The lowest BCUT2D eigenvalue weighted by atomic mass is 10.0. The summed E-state index contributed by atoms with van der Waals surface area (Å²) >= 11 is 3.41. The Balaban J connectivity index is 2.20. The molecule has 0 saturated carbocycles. The molecular formula is C7H13BrO. The SMILES string of the molecule is CC[C@@H]1CO[C@@H](CBr)C1. The third kappa shape index (κ3) is 1.94. The number of hydrogen-bond donors (Lipinski definition) is 0. The van der Waals surface area contributed by atoms with Gasteiger partial charge >= 0.3 is 0 Å². The first-order valence-corrected chi connectivity index (χ1v) is 4.66. The van der Waals surface area contributed by atoms with Crippen molar-refractivity contribution in [1.29, 1.82) is 0 Å². The first kappa shape index (κ1) is 7.55. The molecule has 0 aromatic carbocycles. The second-order valence-electron chi connectivity index (χ2n) is 2.62. The van der Waals surface area contributed by atoms with Gasteiger partial charge in [0.15, 0.2) is 0 Å². The van der Waals surface area contributed by atoms with Crippen molar-refractivity contribution in [2.45, 2.75) is 25.9 Å². The Kier molecular flexibility index (Phi) is 2.99. The number of hydrogen-bond acceptors (Lipinski definition) is 1. The van der Waals surface area contributed by atoms with E-state index < -0.39 is 0 Å². The quantitative estimate of drug-likeness (QED) is 0.611. The maximum absolute atomic E-state index is 5.46. The van der Waals surface area contributed by atoms with Gasteiger partial charge in [-0.3, -0.25) is 0 Å². The Morgan fingerprint density at radius 1 is 1.67 bits per heavy atom. The molecule has 2 atom stereocenters. The van der Waals surface area contributed by atoms with Crippen LogP contribution >= 0.6 is 15.9 Å². The second-order valence-corrected chi connectivity index (χ2v) is 3.27. The van der Waals surface area contributed by atoms with Crippen molar-refractivity contribution in [2.24, 2.45) is 5.92 Å². The second kappa shape index (κ2) is 3.57. The third-order valence-corrected chi connectivity index (χ3v) is 2.64. The average molecular weight is 193 g/mol. The molecule has 1 saturated heterocycles. The number of halogens is 1. The van der Waals surface area contributed by atoms with Crippen LogP contribution in [0.25, 0.3) is 0 Å². The molecule has 1 heterocycles. The highest BCUT2D eigenvalue weighted by atomic mass is 79.9. The van der Waals surface area contributed by atoms with Gasteiger partial charge in [-0.25, -0.2) is 0 Å². The molecule has 1 fully saturated rings. The highest BCUT2D eigenvalue weighted by Crippen LogP contribution is 2.22. The molecule has 1 nitrogen and oxygen atoms in total. The highest BCUT2D eigenvalue weighted by Gasteiger charge is 2.22. The molecule has 2 heteroatoms. The smallest absolute Gasteiger partial charge is 0.0675 e. The van der Waals surface area contributed by atoms with Crippen molar-refractivity contribution >= 4 is 15.9 Å². The molecule has 0 aliphatic carbocycles. The lowest BCUT2D eigenvalue weighted by molar-refractivity contribution is 0.124. The van der Waals surface area contributed by atoms with Crippen LogP contribution < -0.4 is 0 Å². The van der Waals surface area contributed by atoms with E-state index in [2.05, 4.69) is 22.9 Å². The van der Waals surface area contributed by atoms with Crippen LogP contribution in [0.1, 0.15) is 19.8 Å². The molecule has 9 heavy (non-hydrogen) atoms. The van der Waals surface area contributed by atoms with Crippen LogP contribution in [0.3, 0.4) is 0 Å². The molecule has 54 valence electrons. The maximum atomic E-state index is 5.46. The summed E-state index contributed by atoms with van der Waals surface area (Å²) < 4.78 is 5.46. The molecule has 1 aliphatic rings. The molecule has 0 bridgehead atoms. The fourth-order valence-corrected chi connectivity index (χ4v) is 1.62.